The number of rotatable bonds is 2. The fourth-order valence-corrected chi connectivity index (χ4v) is 4.56. The third-order valence-corrected chi connectivity index (χ3v) is 6.43. The average Bonchev–Trinajstić information content (AvgIpc) is 2.72. The van der Waals surface area contributed by atoms with Crippen LogP contribution in [0.4, 0.5) is 5.82 Å². The lowest BCUT2D eigenvalue weighted by molar-refractivity contribution is -0.142. The summed E-state index contributed by atoms with van der Waals surface area (Å²) in [6, 6.07) is 3.58. The van der Waals surface area contributed by atoms with Gasteiger partial charge in [0.15, 0.2) is 0 Å². The van der Waals surface area contributed by atoms with Crippen LogP contribution in [0.1, 0.15) is 29.6 Å². The van der Waals surface area contributed by atoms with Crippen molar-refractivity contribution in [1.29, 1.82) is 0 Å². The highest BCUT2D eigenvalue weighted by Gasteiger charge is 2.50. The highest BCUT2D eigenvalue weighted by molar-refractivity contribution is 5.95. The first-order chi connectivity index (χ1) is 13.5. The van der Waals surface area contributed by atoms with Crippen LogP contribution in [0.3, 0.4) is 0 Å². The smallest absolute Gasteiger partial charge is 0.254 e. The maximum atomic E-state index is 12.9. The number of aromatic nitrogens is 1. The van der Waals surface area contributed by atoms with E-state index in [4.69, 9.17) is 0 Å². The van der Waals surface area contributed by atoms with Gasteiger partial charge in [-0.05, 0) is 38.4 Å². The van der Waals surface area contributed by atoms with Crippen molar-refractivity contribution in [3.05, 3.63) is 23.9 Å². The van der Waals surface area contributed by atoms with Crippen molar-refractivity contribution in [3.63, 3.8) is 0 Å². The summed E-state index contributed by atoms with van der Waals surface area (Å²) in [5, 5.41) is 13.5. The number of hydrogen-bond acceptors (Lipinski definition) is 6. The average molecular weight is 387 g/mol. The summed E-state index contributed by atoms with van der Waals surface area (Å²) in [5.74, 6) is 0.657. The van der Waals surface area contributed by atoms with Crippen LogP contribution in [-0.2, 0) is 4.79 Å². The number of amides is 2. The standard InChI is InChI=1S/C20H29N5O3/c1-23-9-11-24(12-10-23)18(27)15-3-7-21-17(13-15)25-8-4-16(26)20(14-25)5-2-6-22-19(20)28/h3,7,13,16,26H,2,4-6,8-12,14H2,1H3,(H,22,28)/t16-,20+/m0/s1. The van der Waals surface area contributed by atoms with Crippen LogP contribution in [0.15, 0.2) is 18.3 Å². The minimum Gasteiger partial charge on any atom is -0.392 e. The van der Waals surface area contributed by atoms with Crippen molar-refractivity contribution in [3.8, 4) is 0 Å². The van der Waals surface area contributed by atoms with Gasteiger partial charge in [-0.25, -0.2) is 4.98 Å². The molecule has 0 bridgehead atoms. The lowest BCUT2D eigenvalue weighted by atomic mass is 9.71. The van der Waals surface area contributed by atoms with Crippen LogP contribution in [0.2, 0.25) is 0 Å². The van der Waals surface area contributed by atoms with E-state index < -0.39 is 11.5 Å². The monoisotopic (exact) mass is 387 g/mol. The lowest BCUT2D eigenvalue weighted by Crippen LogP contribution is -2.61. The molecule has 0 radical (unpaired) electrons. The minimum absolute atomic E-state index is 0.0268. The molecule has 4 rings (SSSR count). The van der Waals surface area contributed by atoms with E-state index in [0.717, 1.165) is 32.6 Å². The minimum atomic E-state index is -0.782. The number of anilines is 1. The molecule has 1 aromatic rings. The van der Waals surface area contributed by atoms with E-state index in [1.54, 1.807) is 12.3 Å². The fraction of sp³-hybridized carbons (Fsp3) is 0.650. The number of pyridine rings is 1. The molecule has 1 aromatic heterocycles. The van der Waals surface area contributed by atoms with E-state index in [9.17, 15) is 14.7 Å². The molecule has 8 heteroatoms. The zero-order valence-electron chi connectivity index (χ0n) is 16.4. The Kier molecular flexibility index (Phi) is 5.25. The quantitative estimate of drug-likeness (QED) is 0.739. The zero-order valence-corrected chi connectivity index (χ0v) is 16.4. The van der Waals surface area contributed by atoms with E-state index in [-0.39, 0.29) is 11.8 Å². The molecule has 0 saturated carbocycles. The van der Waals surface area contributed by atoms with Crippen molar-refractivity contribution in [2.45, 2.75) is 25.4 Å². The van der Waals surface area contributed by atoms with Gasteiger partial charge >= 0.3 is 0 Å². The number of hydrogen-bond donors (Lipinski definition) is 2. The first kappa shape index (κ1) is 19.1. The number of likely N-dealkylation sites (N-methyl/N-ethyl adjacent to an activating group) is 1. The molecule has 4 heterocycles. The van der Waals surface area contributed by atoms with Crippen molar-refractivity contribution >= 4 is 17.6 Å². The predicted molar refractivity (Wildman–Crippen MR) is 105 cm³/mol. The van der Waals surface area contributed by atoms with Crippen molar-refractivity contribution in [2.75, 3.05) is 57.8 Å². The van der Waals surface area contributed by atoms with E-state index in [1.807, 2.05) is 15.9 Å². The molecule has 2 amide bonds. The molecule has 8 nitrogen and oxygen atoms in total. The van der Waals surface area contributed by atoms with Crippen LogP contribution in [0.5, 0.6) is 0 Å². The topological polar surface area (TPSA) is 89.0 Å². The molecule has 2 N–H and O–H groups in total. The second kappa shape index (κ2) is 7.67. The molecule has 0 aromatic carbocycles. The third kappa shape index (κ3) is 3.46. The molecular weight excluding hydrogens is 358 g/mol. The largest absolute Gasteiger partial charge is 0.392 e. The second-order valence-corrected chi connectivity index (χ2v) is 8.24. The van der Waals surface area contributed by atoms with Crippen LogP contribution in [0.25, 0.3) is 0 Å². The maximum Gasteiger partial charge on any atom is 0.254 e. The number of aliphatic hydroxyl groups is 1. The normalized spacial score (nSPS) is 29.1. The fourth-order valence-electron chi connectivity index (χ4n) is 4.56. The molecule has 152 valence electrons. The van der Waals surface area contributed by atoms with E-state index >= 15 is 0 Å². The Morgan fingerprint density at radius 2 is 2.07 bits per heavy atom. The highest BCUT2D eigenvalue weighted by Crippen LogP contribution is 2.38. The van der Waals surface area contributed by atoms with Gasteiger partial charge in [0.2, 0.25) is 5.91 Å². The Bertz CT molecular complexity index is 749. The predicted octanol–water partition coefficient (Wildman–Crippen LogP) is -0.0634. The number of nitrogens with one attached hydrogen (secondary N) is 1. The molecule has 0 aliphatic carbocycles. The summed E-state index contributed by atoms with van der Waals surface area (Å²) >= 11 is 0. The number of carbonyl (C=O) groups is 2. The summed E-state index contributed by atoms with van der Waals surface area (Å²) in [5.41, 5.74) is -0.154. The number of piperazine rings is 1. The Hall–Kier alpha value is -2.19. The van der Waals surface area contributed by atoms with Gasteiger partial charge in [0, 0.05) is 57.6 Å². The maximum absolute atomic E-state index is 12.9. The molecular formula is C20H29N5O3. The zero-order chi connectivity index (χ0) is 19.7. The first-order valence-corrected chi connectivity index (χ1v) is 10.1. The number of carbonyl (C=O) groups excluding carboxylic acids is 2. The van der Waals surface area contributed by atoms with Gasteiger partial charge in [0.05, 0.1) is 11.5 Å². The third-order valence-electron chi connectivity index (χ3n) is 6.43. The van der Waals surface area contributed by atoms with E-state index in [1.165, 1.54) is 0 Å². The highest BCUT2D eigenvalue weighted by atomic mass is 16.3. The van der Waals surface area contributed by atoms with Gasteiger partial charge in [0.25, 0.3) is 5.91 Å². The molecule has 3 aliphatic rings. The first-order valence-electron chi connectivity index (χ1n) is 10.1. The summed E-state index contributed by atoms with van der Waals surface area (Å²) in [6.07, 6.45) is 3.09. The van der Waals surface area contributed by atoms with Gasteiger partial charge in [-0.15, -0.1) is 0 Å². The number of aliphatic hydroxyl groups excluding tert-OH is 1. The van der Waals surface area contributed by atoms with Crippen LogP contribution in [0, 0.1) is 5.41 Å². The van der Waals surface area contributed by atoms with Crippen LogP contribution in [-0.4, -0.2) is 90.7 Å². The van der Waals surface area contributed by atoms with Crippen LogP contribution >= 0.6 is 0 Å². The Morgan fingerprint density at radius 1 is 1.29 bits per heavy atom. The van der Waals surface area contributed by atoms with Crippen molar-refractivity contribution in [2.24, 2.45) is 5.41 Å². The summed E-state index contributed by atoms with van der Waals surface area (Å²) in [7, 11) is 2.06. The molecule has 3 saturated heterocycles. The van der Waals surface area contributed by atoms with E-state index in [2.05, 4.69) is 22.2 Å². The molecule has 28 heavy (non-hydrogen) atoms. The van der Waals surface area contributed by atoms with Gasteiger partial charge in [-0.2, -0.15) is 0 Å². The van der Waals surface area contributed by atoms with Gasteiger partial charge in [-0.1, -0.05) is 0 Å². The van der Waals surface area contributed by atoms with E-state index in [0.29, 0.717) is 43.9 Å². The van der Waals surface area contributed by atoms with Crippen molar-refractivity contribution < 1.29 is 14.7 Å². The molecule has 0 unspecified atom stereocenters. The van der Waals surface area contributed by atoms with Crippen molar-refractivity contribution in [1.82, 2.24) is 20.1 Å². The number of nitrogens with zero attached hydrogens (tertiary/aromatic N) is 4. The van der Waals surface area contributed by atoms with Gasteiger partial charge in [-0.3, -0.25) is 9.59 Å². The molecule has 2 atom stereocenters. The lowest BCUT2D eigenvalue weighted by Gasteiger charge is -2.47. The summed E-state index contributed by atoms with van der Waals surface area (Å²) in [6.45, 7) is 4.93. The Labute approximate surface area is 165 Å². The molecule has 3 fully saturated rings. The summed E-state index contributed by atoms with van der Waals surface area (Å²) < 4.78 is 0. The van der Waals surface area contributed by atoms with Gasteiger partial charge < -0.3 is 25.1 Å². The second-order valence-electron chi connectivity index (χ2n) is 8.24. The van der Waals surface area contributed by atoms with Gasteiger partial charge in [0.1, 0.15) is 5.82 Å². The number of piperidine rings is 2. The summed E-state index contributed by atoms with van der Waals surface area (Å²) in [4.78, 5) is 36.1. The Balaban J connectivity index is 1.52. The SMILES string of the molecule is CN1CCN(C(=O)c2ccnc(N3CC[C@H](O)[C@@]4(CCCNC4=O)C3)c2)CC1. The molecule has 1 spiro atoms. The molecule has 3 aliphatic heterocycles. The van der Waals surface area contributed by atoms with Crippen LogP contribution < -0.4 is 10.2 Å². The Morgan fingerprint density at radius 3 is 2.82 bits per heavy atom.